The van der Waals surface area contributed by atoms with Gasteiger partial charge in [0.1, 0.15) is 57.3 Å². The maximum absolute atomic E-state index is 15.7. The molecule has 0 atom stereocenters. The van der Waals surface area contributed by atoms with E-state index in [9.17, 15) is 0 Å². The van der Waals surface area contributed by atoms with Gasteiger partial charge in [-0.1, -0.05) is 72.8 Å². The minimum absolute atomic E-state index is 0.236. The number of ether oxygens (including phenoxy) is 4. The molecule has 76 heavy (non-hydrogen) atoms. The van der Waals surface area contributed by atoms with Crippen LogP contribution in [-0.4, -0.2) is 18.8 Å². The number of aromatic nitrogens is 4. The average molecular weight is 985 g/mol. The van der Waals surface area contributed by atoms with E-state index in [1.165, 1.54) is 0 Å². The summed E-state index contributed by atoms with van der Waals surface area (Å²) in [6, 6.07) is 56.4. The smallest absolute Gasteiger partial charge is 0.264 e. The third kappa shape index (κ3) is 5.92. The number of rotatable bonds is 0. The third-order valence-corrected chi connectivity index (χ3v) is 16.0. The largest absolute Gasteiger partial charge is 0.457 e. The molecule has 2 aliphatic rings. The van der Waals surface area contributed by atoms with Crippen molar-refractivity contribution in [3.8, 4) is 46.0 Å². The Balaban J connectivity index is 1.17. The Hall–Kier alpha value is -9.80. The van der Waals surface area contributed by atoms with Gasteiger partial charge in [-0.2, -0.15) is 0 Å². The minimum Gasteiger partial charge on any atom is -0.457 e. The fourth-order valence-corrected chi connectivity index (χ4v) is 12.8. The first kappa shape index (κ1) is 41.6. The second-order valence-electron chi connectivity index (χ2n) is 20.5. The zero-order valence-electron chi connectivity index (χ0n) is 40.6. The second kappa shape index (κ2) is 15.4. The number of pyridine rings is 2. The van der Waals surface area contributed by atoms with Gasteiger partial charge >= 0.3 is 0 Å². The molecule has 0 unspecified atom stereocenters. The normalized spacial score (nSPS) is 14.0. The topological polar surface area (TPSA) is 106 Å². The van der Waals surface area contributed by atoms with Crippen molar-refractivity contribution in [3.05, 3.63) is 213 Å². The summed E-state index contributed by atoms with van der Waals surface area (Å²) in [5.74, 6) is 4.42. The lowest BCUT2D eigenvalue weighted by Gasteiger charge is -2.25. The molecule has 360 valence electrons. The van der Waals surface area contributed by atoms with Crippen LogP contribution in [0.4, 0.5) is 0 Å². The number of hydrogen-bond donors (Lipinski definition) is 0. The van der Waals surface area contributed by atoms with Gasteiger partial charge in [0.2, 0.25) is 0 Å². The molecule has 10 nitrogen and oxygen atoms in total. The van der Waals surface area contributed by atoms with Crippen molar-refractivity contribution < 1.29 is 18.9 Å². The van der Waals surface area contributed by atoms with E-state index in [1.54, 1.807) is 8.80 Å². The van der Waals surface area contributed by atoms with Crippen molar-refractivity contribution in [1.29, 1.82) is 0 Å². The minimum atomic E-state index is -0.236. The zero-order chi connectivity index (χ0) is 49.9. The predicted octanol–water partition coefficient (Wildman–Crippen LogP) is 15.4. The second-order valence-corrected chi connectivity index (χ2v) is 20.5. The van der Waals surface area contributed by atoms with E-state index < -0.39 is 0 Å². The first-order chi connectivity index (χ1) is 37.5. The highest BCUT2D eigenvalue weighted by molar-refractivity contribution is 6.44. The third-order valence-electron chi connectivity index (χ3n) is 16.0. The van der Waals surface area contributed by atoms with Crippen LogP contribution < -0.4 is 30.1 Å². The van der Waals surface area contributed by atoms with Gasteiger partial charge in [-0.05, 0) is 158 Å². The fourth-order valence-electron chi connectivity index (χ4n) is 12.8. The van der Waals surface area contributed by atoms with Crippen molar-refractivity contribution in [2.75, 3.05) is 0 Å². The van der Waals surface area contributed by atoms with Crippen molar-refractivity contribution in [2.45, 2.75) is 38.5 Å². The Morgan fingerprint density at radius 2 is 0.658 bits per heavy atom. The quantitative estimate of drug-likeness (QED) is 0.109. The monoisotopic (exact) mass is 984 g/mol. The summed E-state index contributed by atoms with van der Waals surface area (Å²) < 4.78 is 32.9. The van der Waals surface area contributed by atoms with Crippen molar-refractivity contribution >= 4 is 98.0 Å². The first-order valence-electron chi connectivity index (χ1n) is 25.9. The number of para-hydroxylation sites is 4. The lowest BCUT2D eigenvalue weighted by atomic mass is 9.84. The fraction of sp³-hybridized carbons (Fsp3) is 0.0909. The SMILES string of the molecule is O=c1c2cc3c4c5c(cc6c7c(cc8c(c9c(cc(c2c49)c2nc4ccccc4n12)Oc1cccc(c1)CCCc1cccc(c1)O8)c57)c(=O)n1c2ccccc2nc61)Oc1cccc(c1)CCCc1cccc(c1)O3. The molecule has 10 heteroatoms. The predicted molar refractivity (Wildman–Crippen MR) is 300 cm³/mol. The van der Waals surface area contributed by atoms with Crippen molar-refractivity contribution in [1.82, 2.24) is 18.8 Å². The number of nitrogens with zero attached hydrogens (tertiary/aromatic N) is 4. The van der Waals surface area contributed by atoms with Gasteiger partial charge < -0.3 is 18.9 Å². The number of imidazole rings is 2. The van der Waals surface area contributed by atoms with Crippen LogP contribution in [0.25, 0.3) is 98.0 Å². The highest BCUT2D eigenvalue weighted by Gasteiger charge is 2.33. The van der Waals surface area contributed by atoms with Gasteiger partial charge in [0.05, 0.1) is 32.8 Å². The van der Waals surface area contributed by atoms with E-state index in [1.807, 2.05) is 121 Å². The molecule has 6 heterocycles. The van der Waals surface area contributed by atoms with Crippen molar-refractivity contribution in [2.24, 2.45) is 0 Å². The van der Waals surface area contributed by atoms with Crippen LogP contribution in [-0.2, 0) is 25.7 Å². The molecule has 0 amide bonds. The maximum Gasteiger partial charge on any atom is 0.264 e. The van der Waals surface area contributed by atoms with Crippen LogP contribution in [0, 0.1) is 0 Å². The number of benzene rings is 11. The average Bonchev–Trinajstić information content (AvgIpc) is 2.89. The Morgan fingerprint density at radius 3 is 1.01 bits per heavy atom. The summed E-state index contributed by atoms with van der Waals surface area (Å²) in [5.41, 5.74) is 7.84. The van der Waals surface area contributed by atoms with E-state index in [0.717, 1.165) is 71.6 Å². The lowest BCUT2D eigenvalue weighted by molar-refractivity contribution is 0.483. The van der Waals surface area contributed by atoms with Crippen LogP contribution >= 0.6 is 0 Å². The number of fused-ring (bicyclic) bond motifs is 16. The van der Waals surface area contributed by atoms with Crippen LogP contribution in [0.2, 0.25) is 0 Å². The molecule has 17 rings (SSSR count). The molecule has 0 aliphatic carbocycles. The molecule has 15 aromatic rings. The molecular formula is C66H40N4O6. The summed E-state index contributed by atoms with van der Waals surface area (Å²) in [4.78, 5) is 41.8. The molecule has 0 fully saturated rings. The Bertz CT molecular complexity index is 4800. The van der Waals surface area contributed by atoms with E-state index >= 15 is 9.59 Å². The lowest BCUT2D eigenvalue weighted by Crippen LogP contribution is -2.15. The Labute approximate surface area is 431 Å². The van der Waals surface area contributed by atoms with Gasteiger partial charge in [0, 0.05) is 53.9 Å². The molecule has 0 saturated heterocycles. The van der Waals surface area contributed by atoms with Gasteiger partial charge in [-0.3, -0.25) is 18.4 Å². The van der Waals surface area contributed by atoms with Gasteiger partial charge in [0.25, 0.3) is 11.1 Å². The maximum atomic E-state index is 15.7. The zero-order valence-corrected chi connectivity index (χ0v) is 40.6. The van der Waals surface area contributed by atoms with Gasteiger partial charge in [-0.15, -0.1) is 0 Å². The van der Waals surface area contributed by atoms with E-state index in [4.69, 9.17) is 28.9 Å². The molecule has 8 bridgehead atoms. The summed E-state index contributed by atoms with van der Waals surface area (Å²) in [6.07, 6.45) is 5.11. The van der Waals surface area contributed by atoms with Crippen molar-refractivity contribution in [3.63, 3.8) is 0 Å². The van der Waals surface area contributed by atoms with Crippen LogP contribution in [0.1, 0.15) is 35.1 Å². The van der Waals surface area contributed by atoms with Crippen LogP contribution in [0.5, 0.6) is 46.0 Å². The summed E-state index contributed by atoms with van der Waals surface area (Å²) in [7, 11) is 0. The van der Waals surface area contributed by atoms with E-state index in [0.29, 0.717) is 133 Å². The molecular weight excluding hydrogens is 945 g/mol. The van der Waals surface area contributed by atoms with Gasteiger partial charge in [-0.25, -0.2) is 9.97 Å². The highest BCUT2D eigenvalue weighted by Crippen LogP contribution is 2.58. The van der Waals surface area contributed by atoms with Crippen LogP contribution in [0.15, 0.2) is 179 Å². The van der Waals surface area contributed by atoms with E-state index in [-0.39, 0.29) is 11.1 Å². The summed E-state index contributed by atoms with van der Waals surface area (Å²) >= 11 is 0. The Morgan fingerprint density at radius 1 is 0.329 bits per heavy atom. The van der Waals surface area contributed by atoms with Gasteiger partial charge in [0.15, 0.2) is 0 Å². The van der Waals surface area contributed by atoms with Crippen LogP contribution in [0.3, 0.4) is 0 Å². The highest BCUT2D eigenvalue weighted by atomic mass is 16.5. The molecule has 0 radical (unpaired) electrons. The molecule has 4 aromatic heterocycles. The Kier molecular flexibility index (Phi) is 8.43. The molecule has 2 aliphatic heterocycles. The molecule has 11 aromatic carbocycles. The molecule has 0 saturated carbocycles. The molecule has 0 spiro atoms. The summed E-state index contributed by atoms with van der Waals surface area (Å²) in [6.45, 7) is 0. The molecule has 0 N–H and O–H groups in total. The standard InChI is InChI=1S/C66H40N4O6/c71-65-45-33-53-59-58-52(74-40-20-8-16-36(28-40)12-6-13-37-17-9-21-41(29-37)75-53)32-44-56-46(66(72)70-50-26-4-2-24-48(50)68-64(44)70)34-54-60(62(56)58)57-51(31-43(55(45)61(57)59)63-67-47-23-1-3-25-49(47)69(63)65)73-39-19-7-15-35(27-39)11-5-14-38-18-10-22-42(30-38)76-54/h1-4,7-10,15-34H,5-6,11-14H2. The summed E-state index contributed by atoms with van der Waals surface area (Å²) in [5, 5.41) is 7.80. The number of aryl methyl sites for hydroxylation is 4. The first-order valence-corrected chi connectivity index (χ1v) is 25.9. The van der Waals surface area contributed by atoms with E-state index in [2.05, 4.69) is 48.5 Å². The number of hydrogen-bond acceptors (Lipinski definition) is 8.